The molecule has 236 valence electrons. The molecule has 0 bridgehead atoms. The second kappa shape index (κ2) is 16.1. The van der Waals surface area contributed by atoms with E-state index < -0.39 is 6.23 Å². The van der Waals surface area contributed by atoms with Crippen molar-refractivity contribution in [1.82, 2.24) is 9.88 Å². The van der Waals surface area contributed by atoms with E-state index in [2.05, 4.69) is 73.0 Å². The minimum Gasteiger partial charge on any atom is -0.378 e. The highest BCUT2D eigenvalue weighted by atomic mass is 16.3. The van der Waals surface area contributed by atoms with Crippen LogP contribution >= 0.6 is 0 Å². The van der Waals surface area contributed by atoms with Crippen LogP contribution in [0.3, 0.4) is 0 Å². The molecule has 44 heavy (non-hydrogen) atoms. The average molecular weight is 597 g/mol. The number of anilines is 1. The van der Waals surface area contributed by atoms with Crippen LogP contribution < -0.4 is 10.6 Å². The number of aliphatic hydroxyl groups excluding tert-OH is 1. The maximum atomic E-state index is 10.3. The van der Waals surface area contributed by atoms with Gasteiger partial charge in [0.25, 0.3) is 0 Å². The van der Waals surface area contributed by atoms with Gasteiger partial charge in [0.15, 0.2) is 0 Å². The lowest BCUT2D eigenvalue weighted by Gasteiger charge is -2.30. The number of aliphatic imine (C=N–C) groups is 2. The molecule has 0 amide bonds. The summed E-state index contributed by atoms with van der Waals surface area (Å²) in [6.07, 6.45) is 19.3. The lowest BCUT2D eigenvalue weighted by atomic mass is 9.80. The minimum atomic E-state index is -1.02. The molecule has 1 fully saturated rings. The van der Waals surface area contributed by atoms with Crippen molar-refractivity contribution in [2.45, 2.75) is 64.0 Å². The zero-order valence-electron chi connectivity index (χ0n) is 27.1. The maximum Gasteiger partial charge on any atom is 0.129 e. The van der Waals surface area contributed by atoms with E-state index in [-0.39, 0.29) is 11.8 Å². The zero-order valence-corrected chi connectivity index (χ0v) is 27.1. The highest BCUT2D eigenvalue weighted by Gasteiger charge is 2.30. The van der Waals surface area contributed by atoms with Gasteiger partial charge in [0.2, 0.25) is 0 Å². The first kappa shape index (κ1) is 33.5. The molecule has 0 spiro atoms. The molecule has 0 radical (unpaired) electrons. The molecule has 7 nitrogen and oxygen atoms in total. The van der Waals surface area contributed by atoms with E-state index in [4.69, 9.17) is 15.7 Å². The number of aliphatic hydroxyl groups is 1. The number of hydrogen-bond acceptors (Lipinski definition) is 7. The first-order valence-corrected chi connectivity index (χ1v) is 16.1. The number of allylic oxidation sites excluding steroid dienone is 7. The predicted octanol–water partition coefficient (Wildman–Crippen LogP) is 6.51. The summed E-state index contributed by atoms with van der Waals surface area (Å²) in [5.74, 6) is 0.799. The second-order valence-corrected chi connectivity index (χ2v) is 12.6. The summed E-state index contributed by atoms with van der Waals surface area (Å²) in [7, 11) is 5.99. The largest absolute Gasteiger partial charge is 0.378 e. The molecule has 1 saturated heterocycles. The third-order valence-electron chi connectivity index (χ3n) is 9.03. The highest BCUT2D eigenvalue weighted by Crippen LogP contribution is 2.36. The van der Waals surface area contributed by atoms with Gasteiger partial charge in [-0.05, 0) is 100 Å². The van der Waals surface area contributed by atoms with Crippen LogP contribution in [-0.2, 0) is 0 Å². The van der Waals surface area contributed by atoms with Gasteiger partial charge in [0, 0.05) is 50.3 Å². The zero-order chi connectivity index (χ0) is 31.6. The Morgan fingerprint density at radius 3 is 2.59 bits per heavy atom. The molecule has 0 saturated carbocycles. The van der Waals surface area contributed by atoms with Crippen molar-refractivity contribution in [1.29, 1.82) is 0 Å². The van der Waals surface area contributed by atoms with Crippen LogP contribution in [0, 0.1) is 11.8 Å². The molecule has 4 rings (SSSR count). The van der Waals surface area contributed by atoms with E-state index in [9.17, 15) is 5.11 Å². The number of pyridine rings is 1. The van der Waals surface area contributed by atoms with Gasteiger partial charge in [-0.15, -0.1) is 0 Å². The Labute approximate surface area is 265 Å². The fraction of sp³-hybridized carbons (Fsp3) is 0.486. The van der Waals surface area contributed by atoms with Gasteiger partial charge in [0.05, 0.1) is 11.4 Å². The molecule has 3 unspecified atom stereocenters. The van der Waals surface area contributed by atoms with Gasteiger partial charge in [0.1, 0.15) is 12.0 Å². The Hall–Kier alpha value is -3.39. The monoisotopic (exact) mass is 596 g/mol. The summed E-state index contributed by atoms with van der Waals surface area (Å²) in [6.45, 7) is 15.9. The SMILES string of the molecule is C=NC1=C(C(=NC)C(=C)C(CN(C)C)C2=CC(CC(=C)c3ccnc(N4CCCCCC4)c3)=CCCC2)C=CCC1C(N)O. The van der Waals surface area contributed by atoms with Crippen LogP contribution in [0.15, 0.2) is 93.8 Å². The minimum absolute atomic E-state index is 0.0594. The first-order valence-electron chi connectivity index (χ1n) is 16.1. The second-order valence-electron chi connectivity index (χ2n) is 12.6. The van der Waals surface area contributed by atoms with E-state index in [1.165, 1.54) is 36.8 Å². The number of aromatic nitrogens is 1. The van der Waals surface area contributed by atoms with Crippen molar-refractivity contribution >= 4 is 23.8 Å². The Kier molecular flexibility index (Phi) is 12.2. The molecule has 1 aromatic heterocycles. The molecule has 3 atom stereocenters. The molecule has 3 N–H and O–H groups in total. The van der Waals surface area contributed by atoms with E-state index in [0.717, 1.165) is 79.1 Å². The number of hydrogen-bond donors (Lipinski definition) is 2. The highest BCUT2D eigenvalue weighted by molar-refractivity contribution is 6.15. The van der Waals surface area contributed by atoms with Gasteiger partial charge >= 0.3 is 0 Å². The fourth-order valence-corrected chi connectivity index (χ4v) is 6.67. The topological polar surface area (TPSA) is 90.3 Å². The van der Waals surface area contributed by atoms with Crippen LogP contribution in [0.4, 0.5) is 5.82 Å². The number of nitrogens with two attached hydrogens (primary N) is 1. The molecule has 7 heteroatoms. The number of rotatable bonds is 12. The summed E-state index contributed by atoms with van der Waals surface area (Å²) in [6, 6.07) is 4.31. The quantitative estimate of drug-likeness (QED) is 0.212. The summed E-state index contributed by atoms with van der Waals surface area (Å²) in [5, 5.41) is 10.3. The van der Waals surface area contributed by atoms with E-state index in [1.807, 2.05) is 18.3 Å². The normalized spacial score (nSPS) is 21.3. The van der Waals surface area contributed by atoms with Crippen molar-refractivity contribution in [3.8, 4) is 0 Å². The van der Waals surface area contributed by atoms with Gasteiger partial charge < -0.3 is 20.6 Å². The lowest BCUT2D eigenvalue weighted by molar-refractivity contribution is 0.131. The average Bonchev–Trinajstić information content (AvgIpc) is 3.43. The molecule has 2 heterocycles. The van der Waals surface area contributed by atoms with Gasteiger partial charge in [-0.25, -0.2) is 4.98 Å². The summed E-state index contributed by atoms with van der Waals surface area (Å²) in [4.78, 5) is 18.4. The fourth-order valence-electron chi connectivity index (χ4n) is 6.67. The third kappa shape index (κ3) is 8.40. The summed E-state index contributed by atoms with van der Waals surface area (Å²) in [5.41, 5.74) is 14.1. The Bertz CT molecular complexity index is 1350. The van der Waals surface area contributed by atoms with Gasteiger partial charge in [-0.3, -0.25) is 9.98 Å². The van der Waals surface area contributed by atoms with Crippen LogP contribution in [0.25, 0.3) is 5.57 Å². The first-order chi connectivity index (χ1) is 21.2. The molecule has 0 aromatic carbocycles. The van der Waals surface area contributed by atoms with E-state index >= 15 is 0 Å². The Balaban J connectivity index is 1.60. The standard InChI is InChI=1S/C37H52N6O/c1-26(29-18-19-41-34(24-29)43-20-11-7-8-12-21-43)22-28-14-9-10-15-30(23-28)33(25-42(5)6)27(2)35(39-3)31-16-13-17-32(37(38)44)36(31)40-4/h13-14,16,18-19,23-24,32-33,37,44H,1-2,4,7-12,15,17,20-22,25,38H2,3,5-6H3. The van der Waals surface area contributed by atoms with Crippen LogP contribution in [-0.4, -0.2) is 74.4 Å². The molecule has 1 aliphatic heterocycles. The summed E-state index contributed by atoms with van der Waals surface area (Å²) < 4.78 is 0. The maximum absolute atomic E-state index is 10.3. The van der Waals surface area contributed by atoms with Crippen molar-refractivity contribution in [3.05, 3.63) is 89.3 Å². The Morgan fingerprint density at radius 2 is 1.93 bits per heavy atom. The Morgan fingerprint density at radius 1 is 1.18 bits per heavy atom. The third-order valence-corrected chi connectivity index (χ3v) is 9.03. The van der Waals surface area contributed by atoms with E-state index in [0.29, 0.717) is 12.1 Å². The summed E-state index contributed by atoms with van der Waals surface area (Å²) >= 11 is 0. The van der Waals surface area contributed by atoms with Crippen LogP contribution in [0.1, 0.15) is 63.4 Å². The van der Waals surface area contributed by atoms with E-state index in [1.54, 1.807) is 7.05 Å². The number of nitrogens with zero attached hydrogens (tertiary/aromatic N) is 5. The molecule has 2 aliphatic carbocycles. The van der Waals surface area contributed by atoms with Crippen molar-refractivity contribution in [3.63, 3.8) is 0 Å². The molecule has 1 aromatic rings. The molecule has 3 aliphatic rings. The predicted molar refractivity (Wildman–Crippen MR) is 187 cm³/mol. The van der Waals surface area contributed by atoms with Crippen molar-refractivity contribution < 1.29 is 5.11 Å². The molecular weight excluding hydrogens is 544 g/mol. The van der Waals surface area contributed by atoms with Crippen molar-refractivity contribution in [2.24, 2.45) is 27.6 Å². The van der Waals surface area contributed by atoms with Crippen LogP contribution in [0.2, 0.25) is 0 Å². The van der Waals surface area contributed by atoms with Crippen LogP contribution in [0.5, 0.6) is 0 Å². The smallest absolute Gasteiger partial charge is 0.129 e. The molecular formula is C37H52N6O. The lowest BCUT2D eigenvalue weighted by Crippen LogP contribution is -2.33. The van der Waals surface area contributed by atoms with Gasteiger partial charge in [-0.1, -0.05) is 55.9 Å². The van der Waals surface area contributed by atoms with Crippen molar-refractivity contribution in [2.75, 3.05) is 45.7 Å². The van der Waals surface area contributed by atoms with Gasteiger partial charge in [-0.2, -0.15) is 0 Å².